The molecule has 0 spiro atoms. The number of methoxy groups -OCH3 is 1. The molecule has 0 saturated carbocycles. The molecule has 0 aliphatic rings. The van der Waals surface area contributed by atoms with Crippen LogP contribution in [0.3, 0.4) is 0 Å². The molecule has 0 unspecified atom stereocenters. The maximum absolute atomic E-state index is 12.6. The van der Waals surface area contributed by atoms with Gasteiger partial charge in [0, 0.05) is 23.5 Å². The first kappa shape index (κ1) is 18.7. The van der Waals surface area contributed by atoms with E-state index in [4.69, 9.17) is 4.74 Å². The van der Waals surface area contributed by atoms with E-state index in [-0.39, 0.29) is 11.4 Å². The number of nitrogens with zero attached hydrogens (tertiary/aromatic N) is 2. The minimum absolute atomic E-state index is 0.0989. The molecule has 7 nitrogen and oxygen atoms in total. The highest BCUT2D eigenvalue weighted by Crippen LogP contribution is 2.23. The van der Waals surface area contributed by atoms with Crippen molar-refractivity contribution in [1.82, 2.24) is 14.7 Å². The van der Waals surface area contributed by atoms with Crippen molar-refractivity contribution in [2.45, 2.75) is 4.90 Å². The summed E-state index contributed by atoms with van der Waals surface area (Å²) in [5.41, 5.74) is 0.900. The highest BCUT2D eigenvalue weighted by Gasteiger charge is 2.17. The lowest BCUT2D eigenvalue weighted by Gasteiger charge is -2.09. The topological polar surface area (TPSA) is 98.2 Å². The molecular formula is C19H17N3O4S. The van der Waals surface area contributed by atoms with E-state index in [1.807, 2.05) is 0 Å². The minimum atomic E-state index is -3.77. The lowest BCUT2D eigenvalue weighted by Crippen LogP contribution is -2.29. The summed E-state index contributed by atoms with van der Waals surface area (Å²) in [5, 5.41) is 0. The molecule has 0 aliphatic carbocycles. The van der Waals surface area contributed by atoms with Gasteiger partial charge in [0.2, 0.25) is 10.0 Å². The van der Waals surface area contributed by atoms with Crippen LogP contribution >= 0.6 is 0 Å². The summed E-state index contributed by atoms with van der Waals surface area (Å²) in [7, 11) is -2.28. The molecular weight excluding hydrogens is 366 g/mol. The number of rotatable bonds is 7. The van der Waals surface area contributed by atoms with Crippen molar-refractivity contribution in [3.05, 3.63) is 72.6 Å². The number of hydrogen-bond acceptors (Lipinski definition) is 6. The van der Waals surface area contributed by atoms with Crippen molar-refractivity contribution in [2.24, 2.45) is 0 Å². The lowest BCUT2D eigenvalue weighted by atomic mass is 10.1. The second-order valence-electron chi connectivity index (χ2n) is 5.58. The fourth-order valence-electron chi connectivity index (χ4n) is 2.40. The Bertz CT molecular complexity index is 1040. The van der Waals surface area contributed by atoms with Crippen LogP contribution in [0.15, 0.2) is 71.9 Å². The molecule has 0 amide bonds. The van der Waals surface area contributed by atoms with E-state index in [2.05, 4.69) is 14.7 Å². The molecule has 0 atom stereocenters. The van der Waals surface area contributed by atoms with Crippen LogP contribution in [0.1, 0.15) is 10.4 Å². The van der Waals surface area contributed by atoms with E-state index < -0.39 is 15.8 Å². The van der Waals surface area contributed by atoms with Crippen molar-refractivity contribution in [3.8, 4) is 17.1 Å². The van der Waals surface area contributed by atoms with Gasteiger partial charge in [-0.2, -0.15) is 0 Å². The highest BCUT2D eigenvalue weighted by molar-refractivity contribution is 7.89. The van der Waals surface area contributed by atoms with Crippen LogP contribution in [-0.4, -0.2) is 37.8 Å². The Morgan fingerprint density at radius 1 is 1.04 bits per heavy atom. The zero-order valence-electron chi connectivity index (χ0n) is 14.5. The first-order valence-electron chi connectivity index (χ1n) is 8.04. The van der Waals surface area contributed by atoms with E-state index >= 15 is 0 Å². The first-order valence-corrected chi connectivity index (χ1v) is 9.52. The lowest BCUT2D eigenvalue weighted by molar-refractivity contribution is 0.0996. The SMILES string of the molecule is COc1cc(C(=O)CNS(=O)(=O)c2ccccc2)cc(-c2ncccn2)c1. The Morgan fingerprint density at radius 3 is 2.41 bits per heavy atom. The zero-order valence-corrected chi connectivity index (χ0v) is 15.3. The number of benzene rings is 2. The zero-order chi connectivity index (χ0) is 19.3. The molecule has 1 heterocycles. The maximum Gasteiger partial charge on any atom is 0.240 e. The molecule has 8 heteroatoms. The molecule has 1 aromatic heterocycles. The molecule has 2 aromatic carbocycles. The van der Waals surface area contributed by atoms with Gasteiger partial charge in [0.15, 0.2) is 11.6 Å². The van der Waals surface area contributed by atoms with Gasteiger partial charge in [-0.3, -0.25) is 4.79 Å². The molecule has 27 heavy (non-hydrogen) atoms. The van der Waals surface area contributed by atoms with Gasteiger partial charge < -0.3 is 4.74 Å². The standard InChI is InChI=1S/C19H17N3O4S/c1-26-16-11-14(10-15(12-16)19-20-8-5-9-21-19)18(23)13-22-27(24,25)17-6-3-2-4-7-17/h2-12,22H,13H2,1H3. The second kappa shape index (κ2) is 8.07. The summed E-state index contributed by atoms with van der Waals surface area (Å²) in [6.45, 7) is -0.376. The molecule has 0 saturated heterocycles. The first-order chi connectivity index (χ1) is 13.0. The van der Waals surface area contributed by atoms with Crippen LogP contribution in [0, 0.1) is 0 Å². The number of hydrogen-bond donors (Lipinski definition) is 1. The third-order valence-electron chi connectivity index (χ3n) is 3.76. The van der Waals surface area contributed by atoms with Crippen LogP contribution in [-0.2, 0) is 10.0 Å². The number of Topliss-reactive ketones (excluding diaryl/α,β-unsaturated/α-hetero) is 1. The van der Waals surface area contributed by atoms with Crippen molar-refractivity contribution < 1.29 is 17.9 Å². The summed E-state index contributed by atoms with van der Waals surface area (Å²) < 4.78 is 32.1. The monoisotopic (exact) mass is 383 g/mol. The molecule has 3 rings (SSSR count). The highest BCUT2D eigenvalue weighted by atomic mass is 32.2. The number of ketones is 1. The van der Waals surface area contributed by atoms with E-state index in [0.717, 1.165) is 0 Å². The van der Waals surface area contributed by atoms with Crippen LogP contribution in [0.2, 0.25) is 0 Å². The quantitative estimate of drug-likeness (QED) is 0.629. The van der Waals surface area contributed by atoms with Gasteiger partial charge in [0.25, 0.3) is 0 Å². The van der Waals surface area contributed by atoms with Crippen molar-refractivity contribution in [1.29, 1.82) is 0 Å². The number of carbonyl (C=O) groups is 1. The van der Waals surface area contributed by atoms with Crippen LogP contribution in [0.4, 0.5) is 0 Å². The normalized spacial score (nSPS) is 11.1. The third kappa shape index (κ3) is 4.55. The average Bonchev–Trinajstić information content (AvgIpc) is 2.73. The average molecular weight is 383 g/mol. The number of sulfonamides is 1. The summed E-state index contributed by atoms with van der Waals surface area (Å²) in [6.07, 6.45) is 3.19. The molecule has 1 N–H and O–H groups in total. The Balaban J connectivity index is 1.82. The van der Waals surface area contributed by atoms with Gasteiger partial charge >= 0.3 is 0 Å². The van der Waals surface area contributed by atoms with Gasteiger partial charge in [0.1, 0.15) is 5.75 Å². The number of ether oxygens (including phenoxy) is 1. The van der Waals surface area contributed by atoms with Crippen molar-refractivity contribution in [3.63, 3.8) is 0 Å². The van der Waals surface area contributed by atoms with Crippen LogP contribution in [0.5, 0.6) is 5.75 Å². The molecule has 0 fully saturated rings. The van der Waals surface area contributed by atoms with Gasteiger partial charge in [0.05, 0.1) is 18.6 Å². The number of aromatic nitrogens is 2. The largest absolute Gasteiger partial charge is 0.497 e. The predicted octanol–water partition coefficient (Wildman–Crippen LogP) is 2.31. The second-order valence-corrected chi connectivity index (χ2v) is 7.35. The van der Waals surface area contributed by atoms with Crippen molar-refractivity contribution >= 4 is 15.8 Å². The van der Waals surface area contributed by atoms with Gasteiger partial charge in [-0.15, -0.1) is 0 Å². The summed E-state index contributed by atoms with van der Waals surface area (Å²) >= 11 is 0. The molecule has 3 aromatic rings. The summed E-state index contributed by atoms with van der Waals surface area (Å²) in [5.74, 6) is 0.495. The molecule has 0 aliphatic heterocycles. The van der Waals surface area contributed by atoms with E-state index in [0.29, 0.717) is 22.7 Å². The van der Waals surface area contributed by atoms with Gasteiger partial charge in [-0.05, 0) is 36.4 Å². The smallest absolute Gasteiger partial charge is 0.240 e. The fourth-order valence-corrected chi connectivity index (χ4v) is 3.40. The van der Waals surface area contributed by atoms with Crippen LogP contribution < -0.4 is 9.46 Å². The van der Waals surface area contributed by atoms with Gasteiger partial charge in [-0.1, -0.05) is 18.2 Å². The fraction of sp³-hybridized carbons (Fsp3) is 0.105. The number of carbonyl (C=O) groups excluding carboxylic acids is 1. The van der Waals surface area contributed by atoms with Gasteiger partial charge in [-0.25, -0.2) is 23.1 Å². The Kier molecular flexibility index (Phi) is 5.58. The Labute approximate surface area is 157 Å². The molecule has 0 radical (unpaired) electrons. The van der Waals surface area contributed by atoms with E-state index in [1.165, 1.54) is 19.2 Å². The third-order valence-corrected chi connectivity index (χ3v) is 5.18. The van der Waals surface area contributed by atoms with Crippen molar-refractivity contribution in [2.75, 3.05) is 13.7 Å². The van der Waals surface area contributed by atoms with E-state index in [1.54, 1.807) is 54.9 Å². The maximum atomic E-state index is 12.6. The van der Waals surface area contributed by atoms with E-state index in [9.17, 15) is 13.2 Å². The number of nitrogens with one attached hydrogen (secondary N) is 1. The molecule has 138 valence electrons. The minimum Gasteiger partial charge on any atom is -0.497 e. The predicted molar refractivity (Wildman–Crippen MR) is 100.0 cm³/mol. The summed E-state index contributed by atoms with van der Waals surface area (Å²) in [6, 6.07) is 14.4. The molecule has 0 bridgehead atoms. The Hall–Kier alpha value is -3.10. The van der Waals surface area contributed by atoms with Crippen LogP contribution in [0.25, 0.3) is 11.4 Å². The Morgan fingerprint density at radius 2 is 1.74 bits per heavy atom. The summed E-state index contributed by atoms with van der Waals surface area (Å²) in [4.78, 5) is 21.0.